The van der Waals surface area contributed by atoms with Gasteiger partial charge in [0.15, 0.2) is 0 Å². The lowest BCUT2D eigenvalue weighted by Crippen LogP contribution is -2.46. The molecule has 8 heteroatoms. The van der Waals surface area contributed by atoms with Crippen LogP contribution in [0.25, 0.3) is 0 Å². The Morgan fingerprint density at radius 2 is 2.22 bits per heavy atom. The largest absolute Gasteiger partial charge is 0.391 e. The molecule has 0 aromatic carbocycles. The first kappa shape index (κ1) is 18.0. The van der Waals surface area contributed by atoms with Crippen molar-refractivity contribution in [3.8, 4) is 0 Å². The summed E-state index contributed by atoms with van der Waals surface area (Å²) in [6, 6.07) is -0.814. The van der Waals surface area contributed by atoms with Gasteiger partial charge < -0.3 is 10.6 Å². The van der Waals surface area contributed by atoms with Crippen molar-refractivity contribution in [2.24, 2.45) is 5.92 Å². The summed E-state index contributed by atoms with van der Waals surface area (Å²) < 4.78 is 38.3. The molecule has 0 bridgehead atoms. The zero-order chi connectivity index (χ0) is 17.0. The number of amides is 2. The molecule has 1 fully saturated rings. The Morgan fingerprint density at radius 3 is 2.83 bits per heavy atom. The van der Waals surface area contributed by atoms with Crippen LogP contribution >= 0.6 is 11.3 Å². The molecule has 1 aromatic heterocycles. The molecular weight excluding hydrogens is 327 g/mol. The average Bonchev–Trinajstić information content (AvgIpc) is 2.91. The van der Waals surface area contributed by atoms with Crippen LogP contribution in [0.1, 0.15) is 49.2 Å². The molecular formula is C15H22F3N3OS. The molecule has 0 radical (unpaired) electrons. The van der Waals surface area contributed by atoms with E-state index in [9.17, 15) is 18.0 Å². The van der Waals surface area contributed by atoms with Gasteiger partial charge in [-0.3, -0.25) is 0 Å². The molecule has 1 aliphatic rings. The Bertz CT molecular complexity index is 532. The number of aromatic nitrogens is 1. The highest BCUT2D eigenvalue weighted by molar-refractivity contribution is 7.09. The summed E-state index contributed by atoms with van der Waals surface area (Å²) in [6.07, 6.45) is -2.96. The SMILES string of the molecule is Cc1csc([C@H](C)CNC(=O)N[C@@H]2CCC[C@H](C(F)(F)F)C2)n1. The minimum absolute atomic E-state index is 0.0296. The van der Waals surface area contributed by atoms with Gasteiger partial charge in [-0.15, -0.1) is 11.3 Å². The van der Waals surface area contributed by atoms with Gasteiger partial charge in [-0.2, -0.15) is 13.2 Å². The van der Waals surface area contributed by atoms with Gasteiger partial charge in [-0.25, -0.2) is 9.78 Å². The summed E-state index contributed by atoms with van der Waals surface area (Å²) in [7, 11) is 0. The second kappa shape index (κ2) is 7.51. The number of nitrogens with zero attached hydrogens (tertiary/aromatic N) is 1. The van der Waals surface area contributed by atoms with Crippen LogP contribution < -0.4 is 10.6 Å². The summed E-state index contributed by atoms with van der Waals surface area (Å²) in [5.74, 6) is -1.23. The van der Waals surface area contributed by atoms with Crippen molar-refractivity contribution in [3.05, 3.63) is 16.1 Å². The highest BCUT2D eigenvalue weighted by Crippen LogP contribution is 2.37. The summed E-state index contributed by atoms with van der Waals surface area (Å²) in [6.45, 7) is 4.28. The molecule has 3 atom stereocenters. The van der Waals surface area contributed by atoms with E-state index in [1.54, 1.807) is 11.3 Å². The first-order chi connectivity index (χ1) is 10.8. The number of nitrogens with one attached hydrogen (secondary N) is 2. The molecule has 0 saturated heterocycles. The van der Waals surface area contributed by atoms with Crippen molar-refractivity contribution >= 4 is 17.4 Å². The number of hydrogen-bond acceptors (Lipinski definition) is 3. The molecule has 2 amide bonds. The van der Waals surface area contributed by atoms with Crippen LogP contribution in [0.3, 0.4) is 0 Å². The molecule has 1 saturated carbocycles. The molecule has 1 aliphatic carbocycles. The molecule has 2 N–H and O–H groups in total. The van der Waals surface area contributed by atoms with E-state index in [4.69, 9.17) is 0 Å². The molecule has 0 spiro atoms. The monoisotopic (exact) mass is 349 g/mol. The third-order valence-electron chi connectivity index (χ3n) is 4.10. The van der Waals surface area contributed by atoms with Crippen molar-refractivity contribution in [1.29, 1.82) is 0 Å². The summed E-state index contributed by atoms with van der Waals surface area (Å²) in [4.78, 5) is 16.3. The number of thiazole rings is 1. The fourth-order valence-corrected chi connectivity index (χ4v) is 3.64. The van der Waals surface area contributed by atoms with Gasteiger partial charge >= 0.3 is 12.2 Å². The average molecular weight is 349 g/mol. The third-order valence-corrected chi connectivity index (χ3v) is 5.29. The summed E-state index contributed by atoms with van der Waals surface area (Å²) in [5.41, 5.74) is 0.946. The molecule has 2 rings (SSSR count). The Morgan fingerprint density at radius 1 is 1.48 bits per heavy atom. The standard InChI is InChI=1S/C15H22F3N3OS/c1-9(13-20-10(2)8-23-13)7-19-14(22)21-12-5-3-4-11(6-12)15(16,17)18/h8-9,11-12H,3-7H2,1-2H3,(H2,19,21,22)/t9-,11+,12-/m1/s1. The Balaban J connectivity index is 1.76. The van der Waals surface area contributed by atoms with Crippen molar-refractivity contribution in [2.45, 2.75) is 57.7 Å². The van der Waals surface area contributed by atoms with E-state index >= 15 is 0 Å². The molecule has 4 nitrogen and oxygen atoms in total. The number of aryl methyl sites for hydroxylation is 1. The van der Waals surface area contributed by atoms with Gasteiger partial charge in [0.25, 0.3) is 0 Å². The summed E-state index contributed by atoms with van der Waals surface area (Å²) >= 11 is 1.54. The quantitative estimate of drug-likeness (QED) is 0.864. The predicted octanol–water partition coefficient (Wildman–Crippen LogP) is 3.98. The number of carbonyl (C=O) groups is 1. The van der Waals surface area contributed by atoms with Gasteiger partial charge in [0.2, 0.25) is 0 Å². The van der Waals surface area contributed by atoms with E-state index in [1.165, 1.54) is 0 Å². The second-order valence-corrected chi connectivity index (χ2v) is 7.07. The van der Waals surface area contributed by atoms with E-state index in [0.29, 0.717) is 19.4 Å². The Labute approximate surface area is 137 Å². The fraction of sp³-hybridized carbons (Fsp3) is 0.733. The van der Waals surface area contributed by atoms with Crippen LogP contribution in [0.2, 0.25) is 0 Å². The molecule has 130 valence electrons. The maximum atomic E-state index is 12.8. The van der Waals surface area contributed by atoms with Crippen LogP contribution in [0, 0.1) is 12.8 Å². The lowest BCUT2D eigenvalue weighted by atomic mass is 9.85. The van der Waals surface area contributed by atoms with E-state index < -0.39 is 24.2 Å². The molecule has 1 aromatic rings. The Hall–Kier alpha value is -1.31. The first-order valence-electron chi connectivity index (χ1n) is 7.78. The van der Waals surface area contributed by atoms with Crippen LogP contribution in [0.5, 0.6) is 0 Å². The number of hydrogen-bond donors (Lipinski definition) is 2. The maximum absolute atomic E-state index is 12.8. The zero-order valence-electron chi connectivity index (χ0n) is 13.2. The highest BCUT2D eigenvalue weighted by Gasteiger charge is 2.42. The van der Waals surface area contributed by atoms with Crippen LogP contribution in [0.4, 0.5) is 18.0 Å². The lowest BCUT2D eigenvalue weighted by molar-refractivity contribution is -0.183. The van der Waals surface area contributed by atoms with E-state index in [2.05, 4.69) is 15.6 Å². The molecule has 1 heterocycles. The van der Waals surface area contributed by atoms with Crippen molar-refractivity contribution in [1.82, 2.24) is 15.6 Å². The van der Waals surface area contributed by atoms with Gasteiger partial charge in [0.05, 0.1) is 10.9 Å². The highest BCUT2D eigenvalue weighted by atomic mass is 32.1. The van der Waals surface area contributed by atoms with Crippen LogP contribution in [-0.2, 0) is 0 Å². The predicted molar refractivity (Wildman–Crippen MR) is 83.6 cm³/mol. The lowest BCUT2D eigenvalue weighted by Gasteiger charge is -2.31. The minimum Gasteiger partial charge on any atom is -0.337 e. The molecule has 23 heavy (non-hydrogen) atoms. The van der Waals surface area contributed by atoms with Crippen molar-refractivity contribution < 1.29 is 18.0 Å². The summed E-state index contributed by atoms with van der Waals surface area (Å²) in [5, 5.41) is 8.28. The van der Waals surface area contributed by atoms with E-state index in [0.717, 1.165) is 10.7 Å². The molecule has 0 aliphatic heterocycles. The number of carbonyl (C=O) groups excluding carboxylic acids is 1. The zero-order valence-corrected chi connectivity index (χ0v) is 14.1. The van der Waals surface area contributed by atoms with Crippen molar-refractivity contribution in [2.75, 3.05) is 6.54 Å². The number of rotatable bonds is 4. The Kier molecular flexibility index (Phi) is 5.89. The smallest absolute Gasteiger partial charge is 0.337 e. The number of alkyl halides is 3. The number of urea groups is 1. The van der Waals surface area contributed by atoms with Crippen LogP contribution in [-0.4, -0.2) is 29.8 Å². The topological polar surface area (TPSA) is 54.0 Å². The van der Waals surface area contributed by atoms with E-state index in [1.807, 2.05) is 19.2 Å². The van der Waals surface area contributed by atoms with Gasteiger partial charge in [0.1, 0.15) is 0 Å². The van der Waals surface area contributed by atoms with Crippen molar-refractivity contribution in [3.63, 3.8) is 0 Å². The normalized spacial score (nSPS) is 23.3. The minimum atomic E-state index is -4.17. The van der Waals surface area contributed by atoms with Crippen LogP contribution in [0.15, 0.2) is 5.38 Å². The number of halogens is 3. The van der Waals surface area contributed by atoms with E-state index in [-0.39, 0.29) is 18.8 Å². The maximum Gasteiger partial charge on any atom is 0.391 e. The van der Waals surface area contributed by atoms with Gasteiger partial charge in [-0.05, 0) is 26.2 Å². The first-order valence-corrected chi connectivity index (χ1v) is 8.66. The second-order valence-electron chi connectivity index (χ2n) is 6.18. The third kappa shape index (κ3) is 5.37. The molecule has 0 unspecified atom stereocenters. The van der Waals surface area contributed by atoms with Gasteiger partial charge in [-0.1, -0.05) is 13.3 Å². The van der Waals surface area contributed by atoms with Gasteiger partial charge in [0, 0.05) is 29.6 Å². The fourth-order valence-electron chi connectivity index (χ4n) is 2.79.